The van der Waals surface area contributed by atoms with Gasteiger partial charge in [0.05, 0.1) is 29.1 Å². The van der Waals surface area contributed by atoms with Crippen LogP contribution in [0.4, 0.5) is 5.69 Å². The predicted octanol–water partition coefficient (Wildman–Crippen LogP) is 4.66. The molecule has 0 aliphatic carbocycles. The summed E-state index contributed by atoms with van der Waals surface area (Å²) in [4.78, 5) is 8.93. The van der Waals surface area contributed by atoms with Crippen molar-refractivity contribution in [3.8, 4) is 5.75 Å². The van der Waals surface area contributed by atoms with Crippen LogP contribution in [0.2, 0.25) is 10.0 Å². The zero-order valence-electron chi connectivity index (χ0n) is 19.1. The van der Waals surface area contributed by atoms with E-state index in [1.807, 2.05) is 55.5 Å². The van der Waals surface area contributed by atoms with E-state index in [-0.39, 0.29) is 19.3 Å². The quantitative estimate of drug-likeness (QED) is 0.467. The minimum Gasteiger partial charge on any atom is -0.491 e. The van der Waals surface area contributed by atoms with Crippen LogP contribution in [0.25, 0.3) is 0 Å². The van der Waals surface area contributed by atoms with Gasteiger partial charge >= 0.3 is 0 Å². The standard InChI is InChI=1S/C26H29Cl2N3O3/c1-18-2-8-23(29-15-18)26(33)17-30-10-11-31(25(16-30)19-3-5-20(27)6-4-19)24-9-7-21(14-22(24)28)34-13-12-32/h2-9,14-15,25-26,32-33H,10-13,16-17H2,1H3/t25-,26+/m0/s1. The average Bonchev–Trinajstić information content (AvgIpc) is 2.84. The van der Waals surface area contributed by atoms with Crippen molar-refractivity contribution in [2.75, 3.05) is 44.3 Å². The summed E-state index contributed by atoms with van der Waals surface area (Å²) in [5.41, 5.74) is 3.78. The summed E-state index contributed by atoms with van der Waals surface area (Å²) in [6, 6.07) is 17.3. The fraction of sp³-hybridized carbons (Fsp3) is 0.346. The summed E-state index contributed by atoms with van der Waals surface area (Å²) >= 11 is 12.8. The van der Waals surface area contributed by atoms with Gasteiger partial charge in [-0.3, -0.25) is 9.88 Å². The third-order valence-electron chi connectivity index (χ3n) is 6.01. The number of aromatic nitrogens is 1. The van der Waals surface area contributed by atoms with Crippen LogP contribution in [0.5, 0.6) is 5.75 Å². The van der Waals surface area contributed by atoms with Crippen LogP contribution in [-0.2, 0) is 0 Å². The highest BCUT2D eigenvalue weighted by Gasteiger charge is 2.31. The lowest BCUT2D eigenvalue weighted by molar-refractivity contribution is 0.0975. The molecule has 6 nitrogen and oxygen atoms in total. The van der Waals surface area contributed by atoms with Crippen molar-refractivity contribution < 1.29 is 14.9 Å². The first-order valence-corrected chi connectivity index (χ1v) is 12.1. The molecule has 4 rings (SSSR count). The van der Waals surface area contributed by atoms with E-state index < -0.39 is 6.10 Å². The molecule has 3 aromatic rings. The van der Waals surface area contributed by atoms with Crippen molar-refractivity contribution in [1.82, 2.24) is 9.88 Å². The Kier molecular flexibility index (Phi) is 8.29. The molecule has 0 bridgehead atoms. The summed E-state index contributed by atoms with van der Waals surface area (Å²) in [6.07, 6.45) is 1.12. The molecule has 0 radical (unpaired) electrons. The second-order valence-corrected chi connectivity index (χ2v) is 9.33. The summed E-state index contributed by atoms with van der Waals surface area (Å²) in [6.45, 7) is 4.86. The van der Waals surface area contributed by atoms with Crippen molar-refractivity contribution >= 4 is 28.9 Å². The van der Waals surface area contributed by atoms with E-state index >= 15 is 0 Å². The molecule has 2 N–H and O–H groups in total. The average molecular weight is 502 g/mol. The number of benzene rings is 2. The van der Waals surface area contributed by atoms with Crippen molar-refractivity contribution in [2.24, 2.45) is 0 Å². The number of rotatable bonds is 8. The number of β-amino-alcohol motifs (C(OH)–C–C–N with tert-alkyl or cyclic N) is 1. The van der Waals surface area contributed by atoms with E-state index in [0.29, 0.717) is 34.6 Å². The van der Waals surface area contributed by atoms with Gasteiger partial charge in [-0.05, 0) is 48.4 Å². The zero-order valence-corrected chi connectivity index (χ0v) is 20.6. The molecule has 180 valence electrons. The van der Waals surface area contributed by atoms with E-state index in [4.69, 9.17) is 33.0 Å². The fourth-order valence-corrected chi connectivity index (χ4v) is 4.66. The molecule has 2 atom stereocenters. The van der Waals surface area contributed by atoms with Gasteiger partial charge in [-0.15, -0.1) is 0 Å². The Balaban J connectivity index is 1.55. The van der Waals surface area contributed by atoms with Gasteiger partial charge in [0.25, 0.3) is 0 Å². The first kappa shape index (κ1) is 24.8. The number of hydrogen-bond donors (Lipinski definition) is 2. The highest BCUT2D eigenvalue weighted by molar-refractivity contribution is 6.33. The summed E-state index contributed by atoms with van der Waals surface area (Å²) in [5, 5.41) is 21.1. The van der Waals surface area contributed by atoms with Crippen LogP contribution >= 0.6 is 23.2 Å². The summed E-state index contributed by atoms with van der Waals surface area (Å²) in [5.74, 6) is 0.623. The molecule has 0 unspecified atom stereocenters. The van der Waals surface area contributed by atoms with Crippen LogP contribution in [0.3, 0.4) is 0 Å². The van der Waals surface area contributed by atoms with Gasteiger partial charge in [0.15, 0.2) is 0 Å². The smallest absolute Gasteiger partial charge is 0.121 e. The SMILES string of the molecule is Cc1ccc([C@H](O)CN2CCN(c3ccc(OCCO)cc3Cl)[C@H](c3ccc(Cl)cc3)C2)nc1. The fourth-order valence-electron chi connectivity index (χ4n) is 4.25. The first-order valence-electron chi connectivity index (χ1n) is 11.3. The largest absolute Gasteiger partial charge is 0.491 e. The normalized spacial score (nSPS) is 17.6. The van der Waals surface area contributed by atoms with Crippen molar-refractivity contribution in [3.05, 3.63) is 87.7 Å². The molecule has 2 aromatic carbocycles. The van der Waals surface area contributed by atoms with E-state index in [1.54, 1.807) is 12.3 Å². The van der Waals surface area contributed by atoms with Crippen molar-refractivity contribution in [1.29, 1.82) is 0 Å². The number of hydrogen-bond acceptors (Lipinski definition) is 6. The topological polar surface area (TPSA) is 69.1 Å². The Morgan fingerprint density at radius 2 is 1.88 bits per heavy atom. The van der Waals surface area contributed by atoms with Gasteiger partial charge in [-0.2, -0.15) is 0 Å². The van der Waals surface area contributed by atoms with Gasteiger partial charge in [0, 0.05) is 43.5 Å². The number of piperazine rings is 1. The van der Waals surface area contributed by atoms with Crippen molar-refractivity contribution in [2.45, 2.75) is 19.1 Å². The number of aryl methyl sites for hydroxylation is 1. The molecular weight excluding hydrogens is 473 g/mol. The molecule has 1 fully saturated rings. The summed E-state index contributed by atoms with van der Waals surface area (Å²) in [7, 11) is 0. The number of ether oxygens (including phenoxy) is 1. The van der Waals surface area contributed by atoms with Crippen LogP contribution in [0.1, 0.15) is 29.0 Å². The monoisotopic (exact) mass is 501 g/mol. The Morgan fingerprint density at radius 3 is 2.56 bits per heavy atom. The molecule has 2 heterocycles. The van der Waals surface area contributed by atoms with Crippen LogP contribution < -0.4 is 9.64 Å². The van der Waals surface area contributed by atoms with Crippen LogP contribution in [0, 0.1) is 6.92 Å². The minimum atomic E-state index is -0.662. The second kappa shape index (κ2) is 11.4. The number of aliphatic hydroxyl groups is 2. The lowest BCUT2D eigenvalue weighted by Crippen LogP contribution is -2.49. The lowest BCUT2D eigenvalue weighted by atomic mass is 10.0. The minimum absolute atomic E-state index is 0.0194. The maximum Gasteiger partial charge on any atom is 0.121 e. The van der Waals surface area contributed by atoms with E-state index in [9.17, 15) is 5.11 Å². The first-order chi connectivity index (χ1) is 16.4. The van der Waals surface area contributed by atoms with Gasteiger partial charge in [0.1, 0.15) is 18.5 Å². The third-order valence-corrected chi connectivity index (χ3v) is 6.57. The van der Waals surface area contributed by atoms with Crippen LogP contribution in [-0.4, -0.2) is 59.5 Å². The number of aliphatic hydroxyl groups excluding tert-OH is 2. The second-order valence-electron chi connectivity index (χ2n) is 8.48. The molecule has 1 aromatic heterocycles. The molecule has 0 saturated carbocycles. The highest BCUT2D eigenvalue weighted by Crippen LogP contribution is 2.37. The van der Waals surface area contributed by atoms with E-state index in [1.165, 1.54) is 0 Å². The molecule has 8 heteroatoms. The number of halogens is 2. The molecular formula is C26H29Cl2N3O3. The Bertz CT molecular complexity index is 1080. The number of nitrogens with zero attached hydrogens (tertiary/aromatic N) is 3. The van der Waals surface area contributed by atoms with Crippen molar-refractivity contribution in [3.63, 3.8) is 0 Å². The Labute approximate surface area is 210 Å². The van der Waals surface area contributed by atoms with Gasteiger partial charge in [-0.25, -0.2) is 0 Å². The molecule has 1 aliphatic heterocycles. The number of anilines is 1. The predicted molar refractivity (Wildman–Crippen MR) is 136 cm³/mol. The zero-order chi connectivity index (χ0) is 24.1. The Hall–Kier alpha value is -2.35. The van der Waals surface area contributed by atoms with Crippen LogP contribution in [0.15, 0.2) is 60.8 Å². The molecule has 34 heavy (non-hydrogen) atoms. The molecule has 0 amide bonds. The molecule has 0 spiro atoms. The maximum absolute atomic E-state index is 10.8. The Morgan fingerprint density at radius 1 is 1.09 bits per heavy atom. The van der Waals surface area contributed by atoms with Gasteiger partial charge in [0.2, 0.25) is 0 Å². The highest BCUT2D eigenvalue weighted by atomic mass is 35.5. The van der Waals surface area contributed by atoms with E-state index in [2.05, 4.69) is 14.8 Å². The third kappa shape index (κ3) is 6.01. The number of pyridine rings is 1. The van der Waals surface area contributed by atoms with Gasteiger partial charge < -0.3 is 19.8 Å². The van der Waals surface area contributed by atoms with E-state index in [0.717, 1.165) is 29.9 Å². The maximum atomic E-state index is 10.8. The summed E-state index contributed by atoms with van der Waals surface area (Å²) < 4.78 is 5.50. The molecule has 1 saturated heterocycles. The lowest BCUT2D eigenvalue weighted by Gasteiger charge is -2.44. The molecule has 1 aliphatic rings. The van der Waals surface area contributed by atoms with Gasteiger partial charge in [-0.1, -0.05) is 41.4 Å².